The van der Waals surface area contributed by atoms with Gasteiger partial charge in [-0.3, -0.25) is 4.79 Å². The summed E-state index contributed by atoms with van der Waals surface area (Å²) in [6.07, 6.45) is 0.0907. The molecule has 0 aliphatic carbocycles. The predicted octanol–water partition coefficient (Wildman–Crippen LogP) is 2.82. The number of fused-ring (bicyclic) bond motifs is 1. The van der Waals surface area contributed by atoms with Crippen molar-refractivity contribution in [3.05, 3.63) is 58.9 Å². The van der Waals surface area contributed by atoms with Gasteiger partial charge in [0.05, 0.1) is 17.5 Å². The molecule has 6 heteroatoms. The third-order valence-electron chi connectivity index (χ3n) is 3.14. The Labute approximate surface area is 132 Å². The van der Waals surface area contributed by atoms with E-state index in [0.29, 0.717) is 23.2 Å². The number of carbonyl (C=O) groups excluding carboxylic acids is 1. The van der Waals surface area contributed by atoms with Gasteiger partial charge in [0.15, 0.2) is 0 Å². The number of aromatic amines is 1. The molecule has 3 aromatic rings. The minimum atomic E-state index is -0.420. The minimum absolute atomic E-state index is 0.0907. The number of ether oxygens (including phenoxy) is 1. The number of primary amides is 1. The van der Waals surface area contributed by atoms with Crippen LogP contribution in [0.3, 0.4) is 0 Å². The van der Waals surface area contributed by atoms with E-state index >= 15 is 0 Å². The summed E-state index contributed by atoms with van der Waals surface area (Å²) in [6.45, 7) is 0.425. The van der Waals surface area contributed by atoms with Gasteiger partial charge >= 0.3 is 0 Å². The summed E-state index contributed by atoms with van der Waals surface area (Å²) in [7, 11) is 0. The van der Waals surface area contributed by atoms with Crippen molar-refractivity contribution in [2.24, 2.45) is 5.73 Å². The Kier molecular flexibility index (Phi) is 3.98. The molecule has 0 fully saturated rings. The van der Waals surface area contributed by atoms with Crippen LogP contribution in [0, 0.1) is 0 Å². The lowest BCUT2D eigenvalue weighted by molar-refractivity contribution is -0.117. The van der Waals surface area contributed by atoms with E-state index < -0.39 is 5.91 Å². The number of nitrogens with zero attached hydrogens (tertiary/aromatic N) is 1. The molecule has 0 saturated heterocycles. The predicted molar refractivity (Wildman–Crippen MR) is 84.8 cm³/mol. The first kappa shape index (κ1) is 14.4. The number of nitrogens with one attached hydrogen (secondary N) is 1. The highest BCUT2D eigenvalue weighted by atomic mass is 35.5. The SMILES string of the molecule is NC(=O)Cc1nc2ccc(OCc3cccc(Cl)c3)cc2[nH]1. The van der Waals surface area contributed by atoms with E-state index in [2.05, 4.69) is 9.97 Å². The summed E-state index contributed by atoms with van der Waals surface area (Å²) >= 11 is 5.94. The lowest BCUT2D eigenvalue weighted by atomic mass is 10.2. The molecule has 0 aliphatic heterocycles. The molecule has 5 nitrogen and oxygen atoms in total. The summed E-state index contributed by atoms with van der Waals surface area (Å²) in [5, 5.41) is 0.682. The maximum absolute atomic E-state index is 10.9. The van der Waals surface area contributed by atoms with Crippen LogP contribution in [0.25, 0.3) is 11.0 Å². The summed E-state index contributed by atoms with van der Waals surface area (Å²) in [5.41, 5.74) is 7.73. The van der Waals surface area contributed by atoms with E-state index in [1.807, 2.05) is 42.5 Å². The quantitative estimate of drug-likeness (QED) is 0.759. The van der Waals surface area contributed by atoms with E-state index in [9.17, 15) is 4.79 Å². The van der Waals surface area contributed by atoms with Crippen molar-refractivity contribution in [1.82, 2.24) is 9.97 Å². The molecule has 0 spiro atoms. The number of nitrogens with two attached hydrogens (primary N) is 1. The van der Waals surface area contributed by atoms with Gasteiger partial charge in [0.1, 0.15) is 18.2 Å². The molecule has 2 aromatic carbocycles. The number of halogens is 1. The lowest BCUT2D eigenvalue weighted by Gasteiger charge is -2.06. The van der Waals surface area contributed by atoms with Crippen LogP contribution in [0.1, 0.15) is 11.4 Å². The van der Waals surface area contributed by atoms with Gasteiger partial charge in [-0.05, 0) is 29.8 Å². The number of amides is 1. The Balaban J connectivity index is 1.75. The van der Waals surface area contributed by atoms with Crippen LogP contribution in [-0.2, 0) is 17.8 Å². The normalized spacial score (nSPS) is 10.8. The molecule has 1 amide bonds. The van der Waals surface area contributed by atoms with Crippen molar-refractivity contribution in [3.8, 4) is 5.75 Å². The van der Waals surface area contributed by atoms with Crippen LogP contribution in [0.4, 0.5) is 0 Å². The molecule has 0 radical (unpaired) electrons. The third kappa shape index (κ3) is 3.38. The zero-order chi connectivity index (χ0) is 15.5. The molecule has 0 aliphatic rings. The van der Waals surface area contributed by atoms with Crippen LogP contribution in [0.15, 0.2) is 42.5 Å². The molecule has 3 rings (SSSR count). The fraction of sp³-hybridized carbons (Fsp3) is 0.125. The summed E-state index contributed by atoms with van der Waals surface area (Å²) in [5.74, 6) is 0.840. The van der Waals surface area contributed by atoms with E-state index in [1.165, 1.54) is 0 Å². The molecule has 3 N–H and O–H groups in total. The number of hydrogen-bond acceptors (Lipinski definition) is 3. The summed E-state index contributed by atoms with van der Waals surface area (Å²) in [6, 6.07) is 13.0. The Morgan fingerprint density at radius 3 is 2.91 bits per heavy atom. The summed E-state index contributed by atoms with van der Waals surface area (Å²) < 4.78 is 5.75. The van der Waals surface area contributed by atoms with E-state index in [1.54, 1.807) is 0 Å². The zero-order valence-corrected chi connectivity index (χ0v) is 12.4. The maximum Gasteiger partial charge on any atom is 0.225 e. The second-order valence-corrected chi connectivity index (χ2v) is 5.36. The molecular weight excluding hydrogens is 302 g/mol. The number of benzene rings is 2. The number of carbonyl (C=O) groups is 1. The van der Waals surface area contributed by atoms with Crippen LogP contribution >= 0.6 is 11.6 Å². The highest BCUT2D eigenvalue weighted by Crippen LogP contribution is 2.21. The van der Waals surface area contributed by atoms with E-state index in [4.69, 9.17) is 22.1 Å². The van der Waals surface area contributed by atoms with Gasteiger partial charge in [-0.25, -0.2) is 4.98 Å². The standard InChI is InChI=1S/C16H14ClN3O2/c17-11-3-1-2-10(6-11)9-22-12-4-5-13-14(7-12)20-16(19-13)8-15(18)21/h1-7H,8-9H2,(H2,18,21)(H,19,20). The van der Waals surface area contributed by atoms with Gasteiger partial charge in [-0.2, -0.15) is 0 Å². The molecule has 0 bridgehead atoms. The number of rotatable bonds is 5. The number of hydrogen-bond donors (Lipinski definition) is 2. The second kappa shape index (κ2) is 6.07. The first-order valence-electron chi connectivity index (χ1n) is 6.74. The number of H-pyrrole nitrogens is 1. The van der Waals surface area contributed by atoms with Crippen LogP contribution in [-0.4, -0.2) is 15.9 Å². The van der Waals surface area contributed by atoms with Gasteiger partial charge in [-0.1, -0.05) is 23.7 Å². The molecule has 0 unspecified atom stereocenters. The average molecular weight is 316 g/mol. The smallest absolute Gasteiger partial charge is 0.225 e. The highest BCUT2D eigenvalue weighted by molar-refractivity contribution is 6.30. The van der Waals surface area contributed by atoms with Gasteiger partial charge in [-0.15, -0.1) is 0 Å². The first-order valence-corrected chi connectivity index (χ1v) is 7.12. The molecule has 0 atom stereocenters. The Morgan fingerprint density at radius 1 is 1.27 bits per heavy atom. The van der Waals surface area contributed by atoms with Crippen molar-refractivity contribution < 1.29 is 9.53 Å². The van der Waals surface area contributed by atoms with Crippen molar-refractivity contribution in [1.29, 1.82) is 0 Å². The lowest BCUT2D eigenvalue weighted by Crippen LogP contribution is -2.14. The van der Waals surface area contributed by atoms with E-state index in [-0.39, 0.29) is 6.42 Å². The molecule has 0 saturated carbocycles. The Bertz CT molecular complexity index is 829. The van der Waals surface area contributed by atoms with Crippen molar-refractivity contribution in [2.75, 3.05) is 0 Å². The van der Waals surface area contributed by atoms with Crippen molar-refractivity contribution >= 4 is 28.5 Å². The minimum Gasteiger partial charge on any atom is -0.489 e. The Hall–Kier alpha value is -2.53. The monoisotopic (exact) mass is 315 g/mol. The molecule has 1 heterocycles. The van der Waals surface area contributed by atoms with Gasteiger partial charge in [0, 0.05) is 11.1 Å². The van der Waals surface area contributed by atoms with Crippen molar-refractivity contribution in [2.45, 2.75) is 13.0 Å². The molecule has 22 heavy (non-hydrogen) atoms. The first-order chi connectivity index (χ1) is 10.6. The fourth-order valence-corrected chi connectivity index (χ4v) is 2.39. The molecular formula is C16H14ClN3O2. The third-order valence-corrected chi connectivity index (χ3v) is 3.37. The second-order valence-electron chi connectivity index (χ2n) is 4.92. The zero-order valence-electron chi connectivity index (χ0n) is 11.7. The summed E-state index contributed by atoms with van der Waals surface area (Å²) in [4.78, 5) is 18.3. The number of aromatic nitrogens is 2. The average Bonchev–Trinajstić information content (AvgIpc) is 2.85. The largest absolute Gasteiger partial charge is 0.489 e. The van der Waals surface area contributed by atoms with Crippen LogP contribution in [0.2, 0.25) is 5.02 Å². The Morgan fingerprint density at radius 2 is 2.14 bits per heavy atom. The molecule has 1 aromatic heterocycles. The number of imidazole rings is 1. The topological polar surface area (TPSA) is 81.0 Å². The van der Waals surface area contributed by atoms with Gasteiger partial charge < -0.3 is 15.5 Å². The van der Waals surface area contributed by atoms with Gasteiger partial charge in [0.2, 0.25) is 5.91 Å². The van der Waals surface area contributed by atoms with Gasteiger partial charge in [0.25, 0.3) is 0 Å². The van der Waals surface area contributed by atoms with Crippen molar-refractivity contribution in [3.63, 3.8) is 0 Å². The van der Waals surface area contributed by atoms with E-state index in [0.717, 1.165) is 16.6 Å². The molecule has 112 valence electrons. The highest BCUT2D eigenvalue weighted by Gasteiger charge is 2.07. The maximum atomic E-state index is 10.9. The fourth-order valence-electron chi connectivity index (χ4n) is 2.17. The van der Waals surface area contributed by atoms with Crippen LogP contribution in [0.5, 0.6) is 5.75 Å². The van der Waals surface area contributed by atoms with Crippen LogP contribution < -0.4 is 10.5 Å².